The Balaban J connectivity index is 1.76. The zero-order valence-corrected chi connectivity index (χ0v) is 25.8. The van der Waals surface area contributed by atoms with Crippen LogP contribution in [-0.2, 0) is 9.59 Å². The minimum Gasteiger partial charge on any atom is -0.508 e. The summed E-state index contributed by atoms with van der Waals surface area (Å²) in [6, 6.07) is 14.4. The molecule has 15 heteroatoms. The number of nitrogens with one attached hydrogen (secondary N) is 1. The van der Waals surface area contributed by atoms with Crippen molar-refractivity contribution in [2.75, 3.05) is 24.4 Å². The van der Waals surface area contributed by atoms with E-state index >= 15 is 0 Å². The molecule has 5 rings (SSSR count). The molecule has 1 aliphatic heterocycles. The molecule has 0 radical (unpaired) electrons. The molecular formula is C34H30N2O13. The molecule has 0 spiro atoms. The average molecular weight is 675 g/mol. The molecule has 15 nitrogen and oxygen atoms in total. The number of phenolic OH excluding ortho intramolecular Hbond substituents is 4. The lowest BCUT2D eigenvalue weighted by Crippen LogP contribution is -2.40. The van der Waals surface area contributed by atoms with Gasteiger partial charge >= 0.3 is 11.9 Å². The monoisotopic (exact) mass is 674 g/mol. The minimum absolute atomic E-state index is 0.0148. The number of anilines is 2. The number of carboxylic acid groups (broad SMARTS) is 2. The van der Waals surface area contributed by atoms with Crippen molar-refractivity contribution in [3.05, 3.63) is 95.1 Å². The summed E-state index contributed by atoms with van der Waals surface area (Å²) in [5.74, 6) is -11.0. The van der Waals surface area contributed by atoms with Gasteiger partial charge in [0.25, 0.3) is 0 Å². The fourth-order valence-electron chi connectivity index (χ4n) is 6.02. The van der Waals surface area contributed by atoms with Crippen molar-refractivity contribution in [1.82, 2.24) is 0 Å². The number of aliphatic hydroxyl groups is 1. The van der Waals surface area contributed by atoms with Crippen LogP contribution in [0.4, 0.5) is 11.4 Å². The maximum absolute atomic E-state index is 14.6. The largest absolute Gasteiger partial charge is 0.508 e. The molecule has 4 aromatic rings. The number of methoxy groups -OCH3 is 2. The molecule has 1 saturated heterocycles. The molecular weight excluding hydrogens is 644 g/mol. The third-order valence-corrected chi connectivity index (χ3v) is 8.24. The Morgan fingerprint density at radius 3 is 1.76 bits per heavy atom. The average Bonchev–Trinajstić information content (AvgIpc) is 3.32. The van der Waals surface area contributed by atoms with E-state index in [0.29, 0.717) is 4.90 Å². The maximum Gasteiger partial charge on any atom is 0.337 e. The lowest BCUT2D eigenvalue weighted by Gasteiger charge is -2.28. The van der Waals surface area contributed by atoms with Crippen LogP contribution in [0.25, 0.3) is 0 Å². The van der Waals surface area contributed by atoms with E-state index in [9.17, 15) is 54.9 Å². The molecule has 49 heavy (non-hydrogen) atoms. The summed E-state index contributed by atoms with van der Waals surface area (Å²) in [5, 5.41) is 74.5. The Kier molecular flexibility index (Phi) is 9.21. The van der Waals surface area contributed by atoms with Gasteiger partial charge in [0.15, 0.2) is 23.0 Å². The van der Waals surface area contributed by atoms with Crippen LogP contribution in [0.3, 0.4) is 0 Å². The summed E-state index contributed by atoms with van der Waals surface area (Å²) in [7, 11) is 2.58. The summed E-state index contributed by atoms with van der Waals surface area (Å²) in [6.45, 7) is 0. The third kappa shape index (κ3) is 6.29. The van der Waals surface area contributed by atoms with Crippen LogP contribution in [-0.4, -0.2) is 79.9 Å². The highest BCUT2D eigenvalue weighted by atomic mass is 16.5. The SMILES string of the molecule is COc1cc(C(c2ccc(O)c(OC)c2)[C@H]2C(=O)N(c3ccc(O)cc3C(=O)O)[C@@H](O)[C@@H]2C(=O)Nc2ccc(O)cc2C(=O)O)ccc1O. The quantitative estimate of drug-likeness (QED) is 0.113. The van der Waals surface area contributed by atoms with E-state index in [1.54, 1.807) is 0 Å². The first kappa shape index (κ1) is 33.9. The number of carbonyl (C=O) groups is 4. The number of carbonyl (C=O) groups excluding carboxylic acids is 2. The van der Waals surface area contributed by atoms with Crippen LogP contribution >= 0.6 is 0 Å². The first-order valence-corrected chi connectivity index (χ1v) is 14.5. The number of rotatable bonds is 10. The van der Waals surface area contributed by atoms with Crippen molar-refractivity contribution >= 4 is 35.1 Å². The van der Waals surface area contributed by atoms with Gasteiger partial charge in [-0.2, -0.15) is 0 Å². The van der Waals surface area contributed by atoms with Gasteiger partial charge in [-0.15, -0.1) is 0 Å². The third-order valence-electron chi connectivity index (χ3n) is 8.24. The van der Waals surface area contributed by atoms with Crippen LogP contribution in [0.5, 0.6) is 34.5 Å². The standard InChI is InChI=1S/C34H30N2O13/c1-48-25-11-15(3-9-23(25)39)27(16-4-10-24(40)26(12-16)49-2)28-29(30(41)35-21-7-5-17(37)13-19(21)33(44)45)32(43)36(31(28)42)22-8-6-18(38)14-20(22)34(46)47/h3-14,27-29,32,37-40,43H,1-2H3,(H,35,41)(H,44,45)(H,46,47)/t28-,29+,32+/m1/s1. The molecule has 8 N–H and O–H groups in total. The van der Waals surface area contributed by atoms with Crippen molar-refractivity contribution < 1.29 is 64.4 Å². The second kappa shape index (κ2) is 13.3. The van der Waals surface area contributed by atoms with Gasteiger partial charge in [-0.25, -0.2) is 9.59 Å². The lowest BCUT2D eigenvalue weighted by molar-refractivity contribution is -0.127. The molecule has 0 bridgehead atoms. The Bertz CT molecular complexity index is 1920. The van der Waals surface area contributed by atoms with E-state index < -0.39 is 70.4 Å². The van der Waals surface area contributed by atoms with E-state index in [1.807, 2.05) is 0 Å². The molecule has 0 aliphatic carbocycles. The van der Waals surface area contributed by atoms with Gasteiger partial charge in [0.1, 0.15) is 17.7 Å². The Morgan fingerprint density at radius 2 is 1.24 bits per heavy atom. The number of ether oxygens (including phenoxy) is 2. The summed E-state index contributed by atoms with van der Waals surface area (Å²) in [6.07, 6.45) is -2.06. The van der Waals surface area contributed by atoms with Crippen LogP contribution in [0.2, 0.25) is 0 Å². The number of aromatic carboxylic acids is 2. The number of aliphatic hydroxyl groups excluding tert-OH is 1. The predicted molar refractivity (Wildman–Crippen MR) is 170 cm³/mol. The van der Waals surface area contributed by atoms with Gasteiger partial charge < -0.3 is 50.5 Å². The number of benzene rings is 4. The van der Waals surface area contributed by atoms with Gasteiger partial charge in [-0.3, -0.25) is 14.5 Å². The van der Waals surface area contributed by atoms with E-state index in [0.717, 1.165) is 36.4 Å². The van der Waals surface area contributed by atoms with Crippen molar-refractivity contribution in [2.24, 2.45) is 11.8 Å². The fraction of sp³-hybridized carbons (Fsp3) is 0.176. The molecule has 0 aromatic heterocycles. The molecule has 1 heterocycles. The summed E-state index contributed by atoms with van der Waals surface area (Å²) in [4.78, 5) is 53.8. The van der Waals surface area contributed by atoms with Gasteiger partial charge in [0.05, 0.1) is 48.6 Å². The summed E-state index contributed by atoms with van der Waals surface area (Å²) < 4.78 is 10.6. The van der Waals surface area contributed by atoms with Crippen molar-refractivity contribution in [3.8, 4) is 34.5 Å². The smallest absolute Gasteiger partial charge is 0.337 e. The number of amides is 2. The summed E-state index contributed by atoms with van der Waals surface area (Å²) in [5.41, 5.74) is -1.18. The molecule has 1 aliphatic rings. The van der Waals surface area contributed by atoms with Crippen molar-refractivity contribution in [2.45, 2.75) is 12.1 Å². The van der Waals surface area contributed by atoms with E-state index in [-0.39, 0.29) is 45.5 Å². The van der Waals surface area contributed by atoms with Gasteiger partial charge in [-0.05, 0) is 71.8 Å². The highest BCUT2D eigenvalue weighted by molar-refractivity contribution is 6.10. The molecule has 4 aromatic carbocycles. The number of hydrogen-bond acceptors (Lipinski definition) is 11. The van der Waals surface area contributed by atoms with Crippen molar-refractivity contribution in [1.29, 1.82) is 0 Å². The highest BCUT2D eigenvalue weighted by Crippen LogP contribution is 2.48. The first-order chi connectivity index (χ1) is 23.3. The number of nitrogens with zero attached hydrogens (tertiary/aromatic N) is 1. The Morgan fingerprint density at radius 1 is 0.735 bits per heavy atom. The van der Waals surface area contributed by atoms with Crippen LogP contribution in [0, 0.1) is 11.8 Å². The van der Waals surface area contributed by atoms with E-state index in [1.165, 1.54) is 50.6 Å². The van der Waals surface area contributed by atoms with E-state index in [4.69, 9.17) is 9.47 Å². The van der Waals surface area contributed by atoms with Crippen molar-refractivity contribution in [3.63, 3.8) is 0 Å². The van der Waals surface area contributed by atoms with Gasteiger partial charge in [0, 0.05) is 5.92 Å². The zero-order chi connectivity index (χ0) is 35.7. The second-order valence-electron chi connectivity index (χ2n) is 11.0. The molecule has 1 fully saturated rings. The van der Waals surface area contributed by atoms with Gasteiger partial charge in [-0.1, -0.05) is 12.1 Å². The lowest BCUT2D eigenvalue weighted by atomic mass is 9.74. The summed E-state index contributed by atoms with van der Waals surface area (Å²) >= 11 is 0. The van der Waals surface area contributed by atoms with Gasteiger partial charge in [0.2, 0.25) is 11.8 Å². The van der Waals surface area contributed by atoms with Crippen LogP contribution in [0.15, 0.2) is 72.8 Å². The first-order valence-electron chi connectivity index (χ1n) is 14.5. The molecule has 2 amide bonds. The minimum atomic E-state index is -2.06. The number of hydrogen-bond donors (Lipinski definition) is 8. The molecule has 254 valence electrons. The zero-order valence-electron chi connectivity index (χ0n) is 25.8. The van der Waals surface area contributed by atoms with E-state index in [2.05, 4.69) is 5.32 Å². The van der Waals surface area contributed by atoms with Crippen LogP contribution < -0.4 is 19.7 Å². The Labute approximate surface area is 277 Å². The molecule has 0 unspecified atom stereocenters. The topological polar surface area (TPSA) is 244 Å². The normalized spacial score (nSPS) is 17.2. The number of phenols is 4. The number of carboxylic acids is 2. The maximum atomic E-state index is 14.6. The molecule has 3 atom stereocenters. The second-order valence-corrected chi connectivity index (χ2v) is 11.0. The number of aromatic hydroxyl groups is 4. The Hall–Kier alpha value is -6.48. The van der Waals surface area contributed by atoms with Crippen LogP contribution in [0.1, 0.15) is 37.8 Å². The highest BCUT2D eigenvalue weighted by Gasteiger charge is 2.56. The predicted octanol–water partition coefficient (Wildman–Crippen LogP) is 3.29. The molecule has 0 saturated carbocycles. The fourth-order valence-corrected chi connectivity index (χ4v) is 6.02.